The number of benzene rings is 1. The topological polar surface area (TPSA) is 108 Å². The first kappa shape index (κ1) is 19.8. The van der Waals surface area contributed by atoms with Crippen molar-refractivity contribution in [3.8, 4) is 11.9 Å². The summed E-state index contributed by atoms with van der Waals surface area (Å²) in [5.41, 5.74) is 1.20. The summed E-state index contributed by atoms with van der Waals surface area (Å²) in [6.07, 6.45) is 3.32. The second kappa shape index (κ2) is 9.35. The molecule has 3 aromatic rings. The quantitative estimate of drug-likeness (QED) is 0.612. The highest BCUT2D eigenvalue weighted by molar-refractivity contribution is 5.94. The van der Waals surface area contributed by atoms with Gasteiger partial charge in [-0.2, -0.15) is 10.2 Å². The van der Waals surface area contributed by atoms with Crippen LogP contribution in [-0.4, -0.2) is 66.4 Å². The average Bonchev–Trinajstić information content (AvgIpc) is 2.79. The summed E-state index contributed by atoms with van der Waals surface area (Å²) in [7, 11) is 1.45. The minimum atomic E-state index is 0.141. The number of hydrogen-bond acceptors (Lipinski definition) is 9. The van der Waals surface area contributed by atoms with Crippen LogP contribution in [0.4, 0.5) is 17.3 Å². The predicted molar refractivity (Wildman–Crippen MR) is 114 cm³/mol. The molecule has 0 bridgehead atoms. The Bertz CT molecular complexity index is 1060. The Labute approximate surface area is 174 Å². The Kier molecular flexibility index (Phi) is 6.17. The molecule has 4 rings (SSSR count). The van der Waals surface area contributed by atoms with Crippen molar-refractivity contribution in [2.45, 2.75) is 0 Å². The van der Waals surface area contributed by atoms with E-state index < -0.39 is 0 Å². The van der Waals surface area contributed by atoms with Crippen molar-refractivity contribution in [1.82, 2.24) is 19.9 Å². The van der Waals surface area contributed by atoms with Crippen LogP contribution in [0.25, 0.3) is 10.8 Å². The summed E-state index contributed by atoms with van der Waals surface area (Å²) in [6, 6.07) is 10.0. The second-order valence-electron chi connectivity index (χ2n) is 6.83. The van der Waals surface area contributed by atoms with E-state index in [4.69, 9.17) is 14.7 Å². The Balaban J connectivity index is 1.46. The number of anilines is 3. The van der Waals surface area contributed by atoms with Gasteiger partial charge in [0.25, 0.3) is 5.88 Å². The molecule has 30 heavy (non-hydrogen) atoms. The summed E-state index contributed by atoms with van der Waals surface area (Å²) in [6.45, 7) is 5.42. The molecule has 0 unspecified atom stereocenters. The lowest BCUT2D eigenvalue weighted by Crippen LogP contribution is -2.39. The highest BCUT2D eigenvalue weighted by Crippen LogP contribution is 2.26. The molecule has 0 radical (unpaired) electrons. The van der Waals surface area contributed by atoms with E-state index in [1.54, 1.807) is 0 Å². The molecule has 3 heterocycles. The molecule has 1 aromatic carbocycles. The first-order chi connectivity index (χ1) is 14.8. The Hall–Kier alpha value is -3.48. The number of aromatic nitrogens is 3. The molecule has 0 aliphatic carbocycles. The van der Waals surface area contributed by atoms with Crippen molar-refractivity contribution in [3.05, 3.63) is 42.4 Å². The average molecular weight is 405 g/mol. The van der Waals surface area contributed by atoms with Crippen molar-refractivity contribution < 1.29 is 9.47 Å². The highest BCUT2D eigenvalue weighted by Gasteiger charge is 2.11. The molecule has 1 fully saturated rings. The van der Waals surface area contributed by atoms with E-state index in [9.17, 15) is 0 Å². The van der Waals surface area contributed by atoms with Crippen LogP contribution in [0.5, 0.6) is 5.88 Å². The van der Waals surface area contributed by atoms with Gasteiger partial charge in [0, 0.05) is 43.4 Å². The minimum Gasteiger partial charge on any atom is -0.479 e. The monoisotopic (exact) mass is 405 g/mol. The molecule has 1 aliphatic rings. The number of fused-ring (bicyclic) bond motifs is 1. The van der Waals surface area contributed by atoms with Gasteiger partial charge in [-0.15, -0.1) is 0 Å². The molecule has 0 saturated carbocycles. The number of nitrogens with one attached hydrogen (secondary N) is 2. The smallest absolute Gasteiger partial charge is 0.252 e. The van der Waals surface area contributed by atoms with Gasteiger partial charge in [0.1, 0.15) is 11.9 Å². The number of ether oxygens (including phenoxy) is 2. The zero-order valence-corrected chi connectivity index (χ0v) is 16.8. The van der Waals surface area contributed by atoms with Crippen LogP contribution >= 0.6 is 0 Å². The molecule has 9 nitrogen and oxygen atoms in total. The molecule has 2 aromatic heterocycles. The first-order valence-electron chi connectivity index (χ1n) is 9.78. The Morgan fingerprint density at radius 1 is 1.20 bits per heavy atom. The molecule has 0 atom stereocenters. The number of rotatable bonds is 7. The van der Waals surface area contributed by atoms with Gasteiger partial charge in [-0.25, -0.2) is 9.97 Å². The molecule has 1 saturated heterocycles. The van der Waals surface area contributed by atoms with Crippen molar-refractivity contribution in [2.75, 3.05) is 57.1 Å². The maximum absolute atomic E-state index is 9.03. The van der Waals surface area contributed by atoms with Crippen molar-refractivity contribution in [3.63, 3.8) is 0 Å². The maximum Gasteiger partial charge on any atom is 0.252 e. The van der Waals surface area contributed by atoms with Gasteiger partial charge < -0.3 is 20.1 Å². The standard InChI is InChI=1S/C21H23N7O2/c1-29-21-18(12-22)24-14-20(27-21)26-19-11-15-3-2-4-17(16(15)13-25-19)23-5-6-28-7-9-30-10-8-28/h2-4,11,13-14,23H,5-10H2,1H3,(H,25,26,27). The molecular formula is C21H23N7O2. The van der Waals surface area contributed by atoms with E-state index in [-0.39, 0.29) is 11.6 Å². The fourth-order valence-electron chi connectivity index (χ4n) is 3.35. The van der Waals surface area contributed by atoms with Crippen LogP contribution in [0.15, 0.2) is 36.7 Å². The summed E-state index contributed by atoms with van der Waals surface area (Å²) < 4.78 is 10.5. The number of nitrogens with zero attached hydrogens (tertiary/aromatic N) is 5. The third kappa shape index (κ3) is 4.56. The Morgan fingerprint density at radius 3 is 2.87 bits per heavy atom. The van der Waals surface area contributed by atoms with Crippen LogP contribution in [0.3, 0.4) is 0 Å². The molecule has 2 N–H and O–H groups in total. The predicted octanol–water partition coefficient (Wildman–Crippen LogP) is 2.39. The van der Waals surface area contributed by atoms with Crippen LogP contribution < -0.4 is 15.4 Å². The van der Waals surface area contributed by atoms with Gasteiger partial charge in [0.05, 0.1) is 26.5 Å². The molecular weight excluding hydrogens is 382 g/mol. The third-order valence-corrected chi connectivity index (χ3v) is 4.91. The van der Waals surface area contributed by atoms with Gasteiger partial charge in [0.2, 0.25) is 5.69 Å². The summed E-state index contributed by atoms with van der Waals surface area (Å²) in [5.74, 6) is 1.27. The number of pyridine rings is 1. The fourth-order valence-corrected chi connectivity index (χ4v) is 3.35. The third-order valence-electron chi connectivity index (χ3n) is 4.91. The van der Waals surface area contributed by atoms with E-state index >= 15 is 0 Å². The molecule has 9 heteroatoms. The zero-order chi connectivity index (χ0) is 20.8. The second-order valence-corrected chi connectivity index (χ2v) is 6.83. The van der Waals surface area contributed by atoms with E-state index in [0.29, 0.717) is 11.6 Å². The number of nitriles is 1. The lowest BCUT2D eigenvalue weighted by Gasteiger charge is -2.26. The van der Waals surface area contributed by atoms with Crippen LogP contribution in [-0.2, 0) is 4.74 Å². The van der Waals surface area contributed by atoms with E-state index in [0.717, 1.165) is 55.9 Å². The van der Waals surface area contributed by atoms with Crippen LogP contribution in [0.2, 0.25) is 0 Å². The highest BCUT2D eigenvalue weighted by atomic mass is 16.5. The zero-order valence-electron chi connectivity index (χ0n) is 16.8. The van der Waals surface area contributed by atoms with Gasteiger partial charge in [-0.1, -0.05) is 12.1 Å². The van der Waals surface area contributed by atoms with E-state index in [1.807, 2.05) is 30.5 Å². The van der Waals surface area contributed by atoms with Gasteiger partial charge >= 0.3 is 0 Å². The van der Waals surface area contributed by atoms with Crippen LogP contribution in [0, 0.1) is 11.3 Å². The lowest BCUT2D eigenvalue weighted by molar-refractivity contribution is 0.0398. The lowest BCUT2D eigenvalue weighted by atomic mass is 10.1. The van der Waals surface area contributed by atoms with Crippen molar-refractivity contribution in [1.29, 1.82) is 5.26 Å². The largest absolute Gasteiger partial charge is 0.479 e. The molecule has 1 aliphatic heterocycles. The van der Waals surface area contributed by atoms with E-state index in [2.05, 4.69) is 36.6 Å². The Morgan fingerprint density at radius 2 is 2.07 bits per heavy atom. The van der Waals surface area contributed by atoms with Gasteiger partial charge in [-0.3, -0.25) is 4.90 Å². The van der Waals surface area contributed by atoms with E-state index in [1.165, 1.54) is 13.3 Å². The fraction of sp³-hybridized carbons (Fsp3) is 0.333. The SMILES string of the molecule is COc1nc(Nc2cc3cccc(NCCN4CCOCC4)c3cn2)cnc1C#N. The van der Waals surface area contributed by atoms with Gasteiger partial charge in [-0.05, 0) is 17.5 Å². The van der Waals surface area contributed by atoms with Gasteiger partial charge in [0.15, 0.2) is 5.82 Å². The van der Waals surface area contributed by atoms with Crippen molar-refractivity contribution >= 4 is 28.1 Å². The molecule has 0 spiro atoms. The summed E-state index contributed by atoms with van der Waals surface area (Å²) >= 11 is 0. The van der Waals surface area contributed by atoms with Crippen molar-refractivity contribution in [2.24, 2.45) is 0 Å². The number of hydrogen-bond donors (Lipinski definition) is 2. The molecule has 0 amide bonds. The first-order valence-corrected chi connectivity index (χ1v) is 9.78. The summed E-state index contributed by atoms with van der Waals surface area (Å²) in [4.78, 5) is 15.2. The molecule has 154 valence electrons. The normalized spacial score (nSPS) is 14.3. The van der Waals surface area contributed by atoms with Crippen LogP contribution in [0.1, 0.15) is 5.69 Å². The maximum atomic E-state index is 9.03. The minimum absolute atomic E-state index is 0.141. The summed E-state index contributed by atoms with van der Waals surface area (Å²) in [5, 5.41) is 17.8. The number of methoxy groups -OCH3 is 1. The number of morpholine rings is 1.